The number of nitrogens with two attached hydrogens (primary N) is 1. The molecule has 148 valence electrons. The lowest BCUT2D eigenvalue weighted by molar-refractivity contribution is -0.0578. The third-order valence-electron chi connectivity index (χ3n) is 5.20. The van der Waals surface area contributed by atoms with E-state index < -0.39 is 17.5 Å². The van der Waals surface area contributed by atoms with Gasteiger partial charge in [-0.05, 0) is 55.9 Å². The summed E-state index contributed by atoms with van der Waals surface area (Å²) in [6, 6.07) is 0. The predicted octanol–water partition coefficient (Wildman–Crippen LogP) is 3.84. The van der Waals surface area contributed by atoms with Crippen LogP contribution in [0.3, 0.4) is 0 Å². The number of allylic oxidation sites excluding steroid dienone is 4. The molecule has 1 aromatic rings. The van der Waals surface area contributed by atoms with Gasteiger partial charge in [0.2, 0.25) is 0 Å². The summed E-state index contributed by atoms with van der Waals surface area (Å²) in [5, 5.41) is 19.0. The van der Waals surface area contributed by atoms with E-state index in [0.29, 0.717) is 35.4 Å². The Morgan fingerprint density at radius 2 is 1.86 bits per heavy atom. The lowest BCUT2D eigenvalue weighted by Gasteiger charge is -2.28. The number of nitrogens with one attached hydrogen (secondary N) is 3. The first kappa shape index (κ1) is 19.9. The van der Waals surface area contributed by atoms with Crippen LogP contribution >= 0.6 is 0 Å². The van der Waals surface area contributed by atoms with Crippen LogP contribution in [-0.4, -0.2) is 29.6 Å². The van der Waals surface area contributed by atoms with Crippen molar-refractivity contribution in [2.45, 2.75) is 38.8 Å². The van der Waals surface area contributed by atoms with Gasteiger partial charge in [0.25, 0.3) is 0 Å². The standard InChI is InChI=1S/C20H22F3N5/c1-10(27-2)16-14(25)7-8-15-17(16)11-5-3-4-6-12(11)18(28-15)13(9-24)19(26)20(21,22)23/h7-9,25-27H,3-6,24H2,1-2H3/b13-9-,16-10+,25-14?,26-19?. The molecule has 0 radical (unpaired) electrons. The highest BCUT2D eigenvalue weighted by atomic mass is 19.4. The Morgan fingerprint density at radius 1 is 1.21 bits per heavy atom. The van der Waals surface area contributed by atoms with Crippen LogP contribution in [0.5, 0.6) is 0 Å². The molecule has 2 aliphatic carbocycles. The van der Waals surface area contributed by atoms with E-state index in [1.165, 1.54) is 0 Å². The molecule has 2 aliphatic rings. The van der Waals surface area contributed by atoms with Crippen LogP contribution in [0.1, 0.15) is 47.8 Å². The highest BCUT2D eigenvalue weighted by Gasteiger charge is 2.39. The second kappa shape index (κ2) is 7.26. The molecule has 0 aromatic carbocycles. The van der Waals surface area contributed by atoms with Crippen molar-refractivity contribution in [1.29, 1.82) is 10.8 Å². The van der Waals surface area contributed by atoms with E-state index in [-0.39, 0.29) is 5.69 Å². The van der Waals surface area contributed by atoms with E-state index in [1.54, 1.807) is 19.2 Å². The van der Waals surface area contributed by atoms with Crippen molar-refractivity contribution >= 4 is 28.6 Å². The first-order valence-electron chi connectivity index (χ1n) is 9.00. The molecule has 0 spiro atoms. The molecule has 0 fully saturated rings. The third-order valence-corrected chi connectivity index (χ3v) is 5.20. The number of rotatable bonds is 3. The second-order valence-corrected chi connectivity index (χ2v) is 6.83. The number of halogens is 3. The largest absolute Gasteiger partial charge is 0.433 e. The number of alkyl halides is 3. The van der Waals surface area contributed by atoms with Gasteiger partial charge < -0.3 is 16.5 Å². The molecule has 28 heavy (non-hydrogen) atoms. The van der Waals surface area contributed by atoms with Gasteiger partial charge in [-0.25, -0.2) is 4.98 Å². The highest BCUT2D eigenvalue weighted by molar-refractivity contribution is 6.32. The van der Waals surface area contributed by atoms with E-state index in [2.05, 4.69) is 10.3 Å². The van der Waals surface area contributed by atoms with Crippen molar-refractivity contribution in [1.82, 2.24) is 10.3 Å². The lowest BCUT2D eigenvalue weighted by Crippen LogP contribution is -2.26. The zero-order valence-electron chi connectivity index (χ0n) is 15.7. The quantitative estimate of drug-likeness (QED) is 0.591. The van der Waals surface area contributed by atoms with Gasteiger partial charge in [0.1, 0.15) is 5.71 Å². The summed E-state index contributed by atoms with van der Waals surface area (Å²) in [7, 11) is 1.77. The fourth-order valence-corrected chi connectivity index (χ4v) is 3.79. The Hall–Kier alpha value is -2.90. The molecule has 0 saturated heterocycles. The van der Waals surface area contributed by atoms with Gasteiger partial charge in [0, 0.05) is 35.7 Å². The van der Waals surface area contributed by atoms with Gasteiger partial charge in [-0.2, -0.15) is 13.2 Å². The molecule has 1 aromatic heterocycles. The predicted molar refractivity (Wildman–Crippen MR) is 105 cm³/mol. The molecule has 0 unspecified atom stereocenters. The molecule has 0 aliphatic heterocycles. The number of aromatic nitrogens is 1. The average Bonchev–Trinajstić information content (AvgIpc) is 2.67. The first-order chi connectivity index (χ1) is 13.2. The number of pyridine rings is 1. The minimum atomic E-state index is -4.81. The van der Waals surface area contributed by atoms with Gasteiger partial charge in [0.15, 0.2) is 0 Å². The van der Waals surface area contributed by atoms with E-state index in [9.17, 15) is 13.2 Å². The number of fused-ring (bicyclic) bond motifs is 3. The van der Waals surface area contributed by atoms with Crippen molar-refractivity contribution in [3.05, 3.63) is 46.1 Å². The van der Waals surface area contributed by atoms with Crippen molar-refractivity contribution in [3.8, 4) is 0 Å². The van der Waals surface area contributed by atoms with Crippen molar-refractivity contribution in [3.63, 3.8) is 0 Å². The topological polar surface area (TPSA) is 98.6 Å². The third kappa shape index (κ3) is 3.23. The molecule has 0 atom stereocenters. The number of hydrogen-bond acceptors (Lipinski definition) is 5. The smallest absolute Gasteiger partial charge is 0.404 e. The van der Waals surface area contributed by atoms with Gasteiger partial charge in [-0.1, -0.05) is 0 Å². The van der Waals surface area contributed by atoms with Crippen LogP contribution in [-0.2, 0) is 12.8 Å². The van der Waals surface area contributed by atoms with Crippen LogP contribution in [0.4, 0.5) is 13.2 Å². The molecule has 3 rings (SSSR count). The maximum absolute atomic E-state index is 13.2. The fourth-order valence-electron chi connectivity index (χ4n) is 3.79. The van der Waals surface area contributed by atoms with Gasteiger partial charge in [-0.15, -0.1) is 0 Å². The molecular weight excluding hydrogens is 367 g/mol. The molecule has 8 heteroatoms. The van der Waals surface area contributed by atoms with Crippen LogP contribution < -0.4 is 11.1 Å². The normalized spacial score (nSPS) is 18.5. The monoisotopic (exact) mass is 389 g/mol. The zero-order chi connectivity index (χ0) is 20.6. The van der Waals surface area contributed by atoms with Crippen molar-refractivity contribution in [2.24, 2.45) is 5.73 Å². The molecule has 5 nitrogen and oxygen atoms in total. The van der Waals surface area contributed by atoms with E-state index in [0.717, 1.165) is 35.9 Å². The maximum Gasteiger partial charge on any atom is 0.433 e. The Morgan fingerprint density at radius 3 is 2.43 bits per heavy atom. The summed E-state index contributed by atoms with van der Waals surface area (Å²) >= 11 is 0. The number of hydrogen-bond donors (Lipinski definition) is 4. The minimum absolute atomic E-state index is 0.123. The molecule has 0 bridgehead atoms. The van der Waals surface area contributed by atoms with Crippen molar-refractivity contribution in [2.75, 3.05) is 7.05 Å². The maximum atomic E-state index is 13.2. The van der Waals surface area contributed by atoms with Gasteiger partial charge in [-0.3, -0.25) is 5.41 Å². The Labute approximate surface area is 161 Å². The Bertz CT molecular complexity index is 952. The van der Waals surface area contributed by atoms with E-state index in [4.69, 9.17) is 16.6 Å². The minimum Gasteiger partial charge on any atom is -0.404 e. The van der Waals surface area contributed by atoms with Crippen LogP contribution in [0.2, 0.25) is 0 Å². The van der Waals surface area contributed by atoms with Crippen LogP contribution in [0, 0.1) is 10.8 Å². The summed E-state index contributed by atoms with van der Waals surface area (Å²) in [5.41, 5.74) is 8.48. The van der Waals surface area contributed by atoms with Crippen molar-refractivity contribution < 1.29 is 13.2 Å². The Kier molecular flexibility index (Phi) is 5.14. The molecular formula is C20H22F3N5. The summed E-state index contributed by atoms with van der Waals surface area (Å²) in [6.45, 7) is 1.86. The highest BCUT2D eigenvalue weighted by Crippen LogP contribution is 2.39. The average molecular weight is 389 g/mol. The van der Waals surface area contributed by atoms with Crippen LogP contribution in [0.25, 0.3) is 17.2 Å². The summed E-state index contributed by atoms with van der Waals surface area (Å²) in [4.78, 5) is 4.50. The lowest BCUT2D eigenvalue weighted by atomic mass is 9.79. The SMILES string of the molecule is CN/C(C)=C1\C(=N)C=Cc2nc(/C(=C/N)C(=N)C(F)(F)F)c3c(c21)CCCC3. The summed E-state index contributed by atoms with van der Waals surface area (Å²) < 4.78 is 39.6. The second-order valence-electron chi connectivity index (χ2n) is 6.83. The molecule has 1 heterocycles. The van der Waals surface area contributed by atoms with Crippen LogP contribution in [0.15, 0.2) is 18.0 Å². The Balaban J connectivity index is 2.33. The zero-order valence-corrected chi connectivity index (χ0v) is 15.7. The van der Waals surface area contributed by atoms with E-state index >= 15 is 0 Å². The first-order valence-corrected chi connectivity index (χ1v) is 9.00. The van der Waals surface area contributed by atoms with Gasteiger partial charge in [0.05, 0.1) is 17.1 Å². The molecule has 0 amide bonds. The summed E-state index contributed by atoms with van der Waals surface area (Å²) in [6.07, 6.45) is 2.24. The summed E-state index contributed by atoms with van der Waals surface area (Å²) in [5.74, 6) is 0. The fraction of sp³-hybridized carbons (Fsp3) is 0.350. The van der Waals surface area contributed by atoms with Gasteiger partial charge >= 0.3 is 6.18 Å². The molecule has 0 saturated carbocycles. The van der Waals surface area contributed by atoms with E-state index in [1.807, 2.05) is 6.92 Å². The molecule has 5 N–H and O–H groups in total. The number of nitrogens with zero attached hydrogens (tertiary/aromatic N) is 1.